The molecule has 0 spiro atoms. The van der Waals surface area contributed by atoms with Crippen LogP contribution in [-0.2, 0) is 0 Å². The molecular weight excluding hydrogens is 352 g/mol. The Morgan fingerprint density at radius 3 is 2.23 bits per heavy atom. The standard InChI is InChI=1S/C19H22N4O2.ClH/c1-14-13-20-11-12-23(14)18(24)15-7-9-17(10-8-15)22-19(25)21-16-5-3-2-4-6-16;/h2-10,14,20H,11-13H2,1H3,(H2,21,22,25);1H/t14-;/m1./s1. The van der Waals surface area contributed by atoms with Gasteiger partial charge in [0.1, 0.15) is 0 Å². The van der Waals surface area contributed by atoms with E-state index < -0.39 is 0 Å². The fraction of sp³-hybridized carbons (Fsp3) is 0.263. The highest BCUT2D eigenvalue weighted by Crippen LogP contribution is 2.15. The number of carbonyl (C=O) groups excluding carboxylic acids is 2. The first-order valence-corrected chi connectivity index (χ1v) is 8.38. The van der Waals surface area contributed by atoms with Crippen LogP contribution in [0.2, 0.25) is 0 Å². The van der Waals surface area contributed by atoms with Gasteiger partial charge in [-0.3, -0.25) is 4.79 Å². The molecule has 1 fully saturated rings. The third-order valence-electron chi connectivity index (χ3n) is 4.18. The van der Waals surface area contributed by atoms with Crippen LogP contribution in [0.25, 0.3) is 0 Å². The first-order chi connectivity index (χ1) is 12.1. The summed E-state index contributed by atoms with van der Waals surface area (Å²) in [5.41, 5.74) is 1.99. The third-order valence-corrected chi connectivity index (χ3v) is 4.18. The number of rotatable bonds is 3. The van der Waals surface area contributed by atoms with Gasteiger partial charge in [-0.15, -0.1) is 12.4 Å². The van der Waals surface area contributed by atoms with E-state index in [-0.39, 0.29) is 30.4 Å². The zero-order valence-corrected chi connectivity index (χ0v) is 15.4. The van der Waals surface area contributed by atoms with Crippen molar-refractivity contribution in [2.75, 3.05) is 30.3 Å². The highest BCUT2D eigenvalue weighted by atomic mass is 35.5. The van der Waals surface area contributed by atoms with E-state index in [2.05, 4.69) is 16.0 Å². The number of urea groups is 1. The Balaban J connectivity index is 0.00000243. The predicted octanol–water partition coefficient (Wildman–Crippen LogP) is 3.19. The predicted molar refractivity (Wildman–Crippen MR) is 106 cm³/mol. The summed E-state index contributed by atoms with van der Waals surface area (Å²) in [5, 5.41) is 8.79. The fourth-order valence-corrected chi connectivity index (χ4v) is 2.82. The Hall–Kier alpha value is -2.57. The SMILES string of the molecule is C[C@@H]1CNCCN1C(=O)c1ccc(NC(=O)Nc2ccccc2)cc1.Cl. The van der Waals surface area contributed by atoms with E-state index >= 15 is 0 Å². The molecule has 2 aromatic rings. The minimum absolute atomic E-state index is 0. The van der Waals surface area contributed by atoms with Crippen molar-refractivity contribution in [1.82, 2.24) is 10.2 Å². The van der Waals surface area contributed by atoms with Gasteiger partial charge < -0.3 is 20.9 Å². The molecule has 26 heavy (non-hydrogen) atoms. The van der Waals surface area contributed by atoms with Crippen LogP contribution >= 0.6 is 12.4 Å². The molecule has 1 saturated heterocycles. The van der Waals surface area contributed by atoms with Crippen LogP contribution in [0.15, 0.2) is 54.6 Å². The summed E-state index contributed by atoms with van der Waals surface area (Å²) < 4.78 is 0. The van der Waals surface area contributed by atoms with Crippen LogP contribution in [0.1, 0.15) is 17.3 Å². The number of carbonyl (C=O) groups is 2. The van der Waals surface area contributed by atoms with Crippen molar-refractivity contribution < 1.29 is 9.59 Å². The summed E-state index contributed by atoms with van der Waals surface area (Å²) in [5.74, 6) is 0.0225. The molecule has 1 heterocycles. The maximum absolute atomic E-state index is 12.6. The molecule has 0 saturated carbocycles. The molecular formula is C19H23ClN4O2. The summed E-state index contributed by atoms with van der Waals surface area (Å²) in [6.45, 7) is 4.37. The highest BCUT2D eigenvalue weighted by molar-refractivity contribution is 6.00. The molecule has 138 valence electrons. The molecule has 0 unspecified atom stereocenters. The van der Waals surface area contributed by atoms with E-state index in [1.807, 2.05) is 42.2 Å². The smallest absolute Gasteiger partial charge is 0.323 e. The molecule has 7 heteroatoms. The lowest BCUT2D eigenvalue weighted by Gasteiger charge is -2.34. The summed E-state index contributed by atoms with van der Waals surface area (Å²) in [6.07, 6.45) is 0. The lowest BCUT2D eigenvalue weighted by molar-refractivity contribution is 0.0656. The third kappa shape index (κ3) is 4.97. The van der Waals surface area contributed by atoms with Gasteiger partial charge in [-0.1, -0.05) is 18.2 Å². The molecule has 3 rings (SSSR count). The topological polar surface area (TPSA) is 73.5 Å². The Labute approximate surface area is 159 Å². The summed E-state index contributed by atoms with van der Waals surface area (Å²) in [7, 11) is 0. The Morgan fingerprint density at radius 1 is 1.00 bits per heavy atom. The van der Waals surface area contributed by atoms with Crippen molar-refractivity contribution in [2.45, 2.75) is 13.0 Å². The Kier molecular flexibility index (Phi) is 7.00. The Bertz CT molecular complexity index is 737. The lowest BCUT2D eigenvalue weighted by atomic mass is 10.1. The zero-order chi connectivity index (χ0) is 17.6. The molecule has 6 nitrogen and oxygen atoms in total. The van der Waals surface area contributed by atoms with E-state index in [0.29, 0.717) is 17.8 Å². The number of nitrogens with one attached hydrogen (secondary N) is 3. The average Bonchev–Trinajstić information content (AvgIpc) is 2.63. The van der Waals surface area contributed by atoms with Gasteiger partial charge in [0.25, 0.3) is 5.91 Å². The van der Waals surface area contributed by atoms with E-state index in [1.54, 1.807) is 24.3 Å². The van der Waals surface area contributed by atoms with Crippen LogP contribution in [-0.4, -0.2) is 42.5 Å². The van der Waals surface area contributed by atoms with Crippen molar-refractivity contribution in [3.05, 3.63) is 60.2 Å². The van der Waals surface area contributed by atoms with Gasteiger partial charge in [-0.2, -0.15) is 0 Å². The number of halogens is 1. The van der Waals surface area contributed by atoms with E-state index in [4.69, 9.17) is 0 Å². The van der Waals surface area contributed by atoms with Crippen molar-refractivity contribution in [2.24, 2.45) is 0 Å². The molecule has 1 aliphatic heterocycles. The van der Waals surface area contributed by atoms with E-state index in [9.17, 15) is 9.59 Å². The average molecular weight is 375 g/mol. The zero-order valence-electron chi connectivity index (χ0n) is 14.6. The van der Waals surface area contributed by atoms with Crippen LogP contribution in [0.3, 0.4) is 0 Å². The van der Waals surface area contributed by atoms with Gasteiger partial charge in [0, 0.05) is 42.6 Å². The van der Waals surface area contributed by atoms with Crippen LogP contribution in [0.5, 0.6) is 0 Å². The van der Waals surface area contributed by atoms with Crippen molar-refractivity contribution >= 4 is 35.7 Å². The van der Waals surface area contributed by atoms with Crippen molar-refractivity contribution in [1.29, 1.82) is 0 Å². The number of hydrogen-bond acceptors (Lipinski definition) is 3. The largest absolute Gasteiger partial charge is 0.333 e. The van der Waals surface area contributed by atoms with Crippen LogP contribution in [0, 0.1) is 0 Å². The van der Waals surface area contributed by atoms with E-state index in [0.717, 1.165) is 18.8 Å². The number of piperazine rings is 1. The van der Waals surface area contributed by atoms with Crippen LogP contribution < -0.4 is 16.0 Å². The molecule has 1 atom stereocenters. The van der Waals surface area contributed by atoms with Gasteiger partial charge >= 0.3 is 6.03 Å². The second-order valence-electron chi connectivity index (χ2n) is 6.07. The molecule has 1 aliphatic rings. The number of amides is 3. The fourth-order valence-electron chi connectivity index (χ4n) is 2.82. The minimum atomic E-state index is -0.319. The molecule has 3 amide bonds. The molecule has 0 bridgehead atoms. The molecule has 0 radical (unpaired) electrons. The molecule has 0 aromatic heterocycles. The number of anilines is 2. The number of benzene rings is 2. The Morgan fingerprint density at radius 2 is 1.62 bits per heavy atom. The lowest BCUT2D eigenvalue weighted by Crippen LogP contribution is -2.52. The molecule has 2 aromatic carbocycles. The molecule has 3 N–H and O–H groups in total. The number of nitrogens with zero attached hydrogens (tertiary/aromatic N) is 1. The maximum atomic E-state index is 12.6. The number of hydrogen-bond donors (Lipinski definition) is 3. The number of para-hydroxylation sites is 1. The van der Waals surface area contributed by atoms with Gasteiger partial charge in [0.15, 0.2) is 0 Å². The highest BCUT2D eigenvalue weighted by Gasteiger charge is 2.23. The first kappa shape index (κ1) is 19.8. The second kappa shape index (κ2) is 9.22. The minimum Gasteiger partial charge on any atom is -0.333 e. The van der Waals surface area contributed by atoms with Gasteiger partial charge in [-0.25, -0.2) is 4.79 Å². The second-order valence-corrected chi connectivity index (χ2v) is 6.07. The maximum Gasteiger partial charge on any atom is 0.323 e. The van der Waals surface area contributed by atoms with Crippen molar-refractivity contribution in [3.8, 4) is 0 Å². The summed E-state index contributed by atoms with van der Waals surface area (Å²) >= 11 is 0. The van der Waals surface area contributed by atoms with Crippen molar-refractivity contribution in [3.63, 3.8) is 0 Å². The first-order valence-electron chi connectivity index (χ1n) is 8.38. The monoisotopic (exact) mass is 374 g/mol. The van der Waals surface area contributed by atoms with Gasteiger partial charge in [-0.05, 0) is 43.3 Å². The van der Waals surface area contributed by atoms with Gasteiger partial charge in [0.2, 0.25) is 0 Å². The van der Waals surface area contributed by atoms with E-state index in [1.165, 1.54) is 0 Å². The normalized spacial score (nSPS) is 16.3. The van der Waals surface area contributed by atoms with Crippen LogP contribution in [0.4, 0.5) is 16.2 Å². The molecule has 0 aliphatic carbocycles. The summed E-state index contributed by atoms with van der Waals surface area (Å²) in [4.78, 5) is 26.4. The summed E-state index contributed by atoms with van der Waals surface area (Å²) in [6, 6.07) is 16.1. The quantitative estimate of drug-likeness (QED) is 0.772. The van der Waals surface area contributed by atoms with Gasteiger partial charge in [0.05, 0.1) is 0 Å².